The predicted molar refractivity (Wildman–Crippen MR) is 230 cm³/mol. The second-order valence-electron chi connectivity index (χ2n) is 14.5. The van der Waals surface area contributed by atoms with Crippen molar-refractivity contribution in [3.8, 4) is 23.0 Å². The first-order chi connectivity index (χ1) is 26.5. The molecule has 2 amide bonds. The SMILES string of the molecule is COc1cc(Nc2cc(Oc3ccc(NC(=O)Nc4cc(C(C)(C)C)cc(N)c4OC)c4ccccc34)ccn2)ccc1CCCN1CCC(N)CC1.CS. The second kappa shape index (κ2) is 18.9. The molecule has 0 radical (unpaired) electrons. The first-order valence-electron chi connectivity index (χ1n) is 18.6. The molecule has 12 heteroatoms. The third-order valence-corrected chi connectivity index (χ3v) is 9.64. The normalized spacial score (nSPS) is 13.4. The Morgan fingerprint density at radius 2 is 1.62 bits per heavy atom. The van der Waals surface area contributed by atoms with Crippen molar-refractivity contribution in [3.63, 3.8) is 0 Å². The molecule has 1 aliphatic heterocycles. The van der Waals surface area contributed by atoms with Crippen LogP contribution in [0.3, 0.4) is 0 Å². The number of thiol groups is 1. The maximum atomic E-state index is 13.3. The number of aryl methyl sites for hydroxylation is 1. The lowest BCUT2D eigenvalue weighted by Crippen LogP contribution is -2.40. The lowest BCUT2D eigenvalue weighted by molar-refractivity contribution is 0.211. The van der Waals surface area contributed by atoms with Gasteiger partial charge in [-0.2, -0.15) is 12.6 Å². The van der Waals surface area contributed by atoms with Crippen molar-refractivity contribution in [1.29, 1.82) is 0 Å². The number of nitrogens with zero attached hydrogens (tertiary/aromatic N) is 2. The molecule has 1 fully saturated rings. The fourth-order valence-corrected chi connectivity index (χ4v) is 6.67. The van der Waals surface area contributed by atoms with Crippen molar-refractivity contribution in [3.05, 3.63) is 96.2 Å². The summed E-state index contributed by atoms with van der Waals surface area (Å²) in [6, 6.07) is 24.9. The van der Waals surface area contributed by atoms with Crippen molar-refractivity contribution >= 4 is 58.0 Å². The van der Waals surface area contributed by atoms with Crippen LogP contribution in [0.4, 0.5) is 33.4 Å². The number of carbonyl (C=O) groups excluding carboxylic acids is 1. The standard InChI is InChI=1S/C42H51N7O4.CH4S/c1-42(2,3)28-23-34(44)40(52-5)36(24-28)48-41(50)47-35-14-15-37(33-11-7-6-10-32(33)35)53-31-16-19-45-39(26-31)46-30-13-12-27(38(25-30)51-4)9-8-20-49-21-17-29(43)18-22-49;1-2/h6-7,10-16,19,23-26,29H,8-9,17-18,20-22,43-44H2,1-5H3,(H,45,46)(H2,47,48,50);2H,1H3. The van der Waals surface area contributed by atoms with Crippen molar-refractivity contribution in [2.45, 2.75) is 57.9 Å². The van der Waals surface area contributed by atoms with Crippen LogP contribution in [0.15, 0.2) is 85.1 Å². The number of hydrogen-bond donors (Lipinski definition) is 6. The molecule has 11 nitrogen and oxygen atoms in total. The Morgan fingerprint density at radius 3 is 2.33 bits per heavy atom. The topological polar surface area (TPSA) is 149 Å². The molecular formula is C43H55N7O4S. The van der Waals surface area contributed by atoms with Crippen molar-refractivity contribution in [2.75, 3.05) is 61.8 Å². The summed E-state index contributed by atoms with van der Waals surface area (Å²) in [6.45, 7) is 9.48. The van der Waals surface area contributed by atoms with Crippen molar-refractivity contribution in [2.24, 2.45) is 5.73 Å². The Morgan fingerprint density at radius 1 is 0.891 bits per heavy atom. The number of pyridine rings is 1. The summed E-state index contributed by atoms with van der Waals surface area (Å²) in [7, 11) is 3.24. The zero-order valence-corrected chi connectivity index (χ0v) is 33.6. The molecule has 0 spiro atoms. The Balaban J connectivity index is 0.00000285. The van der Waals surface area contributed by atoms with Gasteiger partial charge >= 0.3 is 6.03 Å². The van der Waals surface area contributed by atoms with Gasteiger partial charge in [0, 0.05) is 40.8 Å². The summed E-state index contributed by atoms with van der Waals surface area (Å²) >= 11 is 3.53. The number of carbonyl (C=O) groups is 1. The minimum atomic E-state index is -0.426. The van der Waals surface area contributed by atoms with Crippen LogP contribution in [0.25, 0.3) is 10.8 Å². The van der Waals surface area contributed by atoms with Gasteiger partial charge in [0.25, 0.3) is 0 Å². The van der Waals surface area contributed by atoms with Gasteiger partial charge in [0.15, 0.2) is 5.75 Å². The van der Waals surface area contributed by atoms with E-state index in [0.717, 1.165) is 73.1 Å². The van der Waals surface area contributed by atoms with E-state index in [1.165, 1.54) is 12.7 Å². The lowest BCUT2D eigenvalue weighted by atomic mass is 9.86. The molecule has 5 aromatic rings. The Kier molecular flexibility index (Phi) is 14.1. The smallest absolute Gasteiger partial charge is 0.323 e. The third-order valence-electron chi connectivity index (χ3n) is 9.64. The number of urea groups is 1. The van der Waals surface area contributed by atoms with Crippen LogP contribution >= 0.6 is 12.6 Å². The number of nitrogen functional groups attached to an aromatic ring is 1. The largest absolute Gasteiger partial charge is 0.496 e. The van der Waals surface area contributed by atoms with Crippen LogP contribution in [0.2, 0.25) is 0 Å². The van der Waals surface area contributed by atoms with Gasteiger partial charge in [0.2, 0.25) is 0 Å². The predicted octanol–water partition coefficient (Wildman–Crippen LogP) is 9.21. The molecule has 0 unspecified atom stereocenters. The van der Waals surface area contributed by atoms with E-state index in [1.807, 2.05) is 66.7 Å². The maximum Gasteiger partial charge on any atom is 0.323 e. The van der Waals surface area contributed by atoms with E-state index in [-0.39, 0.29) is 5.41 Å². The van der Waals surface area contributed by atoms with Crippen LogP contribution in [0.1, 0.15) is 51.2 Å². The first-order valence-corrected chi connectivity index (χ1v) is 19.5. The van der Waals surface area contributed by atoms with E-state index in [9.17, 15) is 4.79 Å². The van der Waals surface area contributed by atoms with Gasteiger partial charge in [-0.05, 0) is 105 Å². The lowest BCUT2D eigenvalue weighted by Gasteiger charge is -2.30. The van der Waals surface area contributed by atoms with E-state index >= 15 is 0 Å². The zero-order valence-electron chi connectivity index (χ0n) is 32.7. The molecule has 55 heavy (non-hydrogen) atoms. The highest BCUT2D eigenvalue weighted by Gasteiger charge is 2.21. The molecule has 0 bridgehead atoms. The molecule has 0 aliphatic carbocycles. The molecule has 292 valence electrons. The monoisotopic (exact) mass is 765 g/mol. The zero-order chi connectivity index (χ0) is 39.5. The van der Waals surface area contributed by atoms with Gasteiger partial charge in [-0.25, -0.2) is 9.78 Å². The fraction of sp³-hybridized carbons (Fsp3) is 0.349. The molecule has 1 aromatic heterocycles. The van der Waals surface area contributed by atoms with E-state index in [2.05, 4.69) is 71.4 Å². The number of hydrogen-bond acceptors (Lipinski definition) is 10. The number of anilines is 5. The maximum absolute atomic E-state index is 13.3. The summed E-state index contributed by atoms with van der Waals surface area (Å²) in [4.78, 5) is 20.4. The van der Waals surface area contributed by atoms with Gasteiger partial charge in [-0.1, -0.05) is 51.1 Å². The van der Waals surface area contributed by atoms with Crippen LogP contribution in [0.5, 0.6) is 23.0 Å². The molecule has 1 saturated heterocycles. The van der Waals surface area contributed by atoms with Gasteiger partial charge < -0.3 is 46.5 Å². The first kappa shape index (κ1) is 41.0. The number of piperidine rings is 1. The van der Waals surface area contributed by atoms with Crippen LogP contribution in [-0.4, -0.2) is 62.1 Å². The number of fused-ring (bicyclic) bond motifs is 1. The van der Waals surface area contributed by atoms with E-state index in [0.29, 0.717) is 46.2 Å². The molecule has 1 aliphatic rings. The molecule has 0 saturated carbocycles. The minimum absolute atomic E-state index is 0.174. The summed E-state index contributed by atoms with van der Waals surface area (Å²) in [5.74, 6) is 3.13. The van der Waals surface area contributed by atoms with E-state index in [4.69, 9.17) is 25.7 Å². The van der Waals surface area contributed by atoms with Gasteiger partial charge in [-0.15, -0.1) is 0 Å². The summed E-state index contributed by atoms with van der Waals surface area (Å²) < 4.78 is 17.7. The van der Waals surface area contributed by atoms with Crippen LogP contribution in [-0.2, 0) is 11.8 Å². The van der Waals surface area contributed by atoms with Crippen LogP contribution in [0, 0.1) is 0 Å². The summed E-state index contributed by atoms with van der Waals surface area (Å²) in [5.41, 5.74) is 16.8. The Bertz CT molecular complexity index is 2060. The van der Waals surface area contributed by atoms with Gasteiger partial charge in [0.1, 0.15) is 23.1 Å². The van der Waals surface area contributed by atoms with Crippen LogP contribution < -0.4 is 41.6 Å². The second-order valence-corrected chi connectivity index (χ2v) is 14.5. The number of rotatable bonds is 12. The Hall–Kier alpha value is -5.17. The minimum Gasteiger partial charge on any atom is -0.496 e. The number of benzene rings is 4. The molecule has 7 N–H and O–H groups in total. The summed E-state index contributed by atoms with van der Waals surface area (Å²) in [6.07, 6.45) is 7.55. The fourth-order valence-electron chi connectivity index (χ4n) is 6.67. The average Bonchev–Trinajstić information content (AvgIpc) is 3.17. The number of nitrogens with one attached hydrogen (secondary N) is 3. The number of ether oxygens (including phenoxy) is 3. The number of aromatic nitrogens is 1. The van der Waals surface area contributed by atoms with Crippen molar-refractivity contribution in [1.82, 2.24) is 9.88 Å². The highest BCUT2D eigenvalue weighted by atomic mass is 32.1. The van der Waals surface area contributed by atoms with E-state index < -0.39 is 6.03 Å². The average molecular weight is 766 g/mol. The third kappa shape index (κ3) is 10.7. The molecule has 6 rings (SSSR count). The number of amides is 2. The quantitative estimate of drug-likeness (QED) is 0.0540. The van der Waals surface area contributed by atoms with Crippen molar-refractivity contribution < 1.29 is 19.0 Å². The molecule has 2 heterocycles. The van der Waals surface area contributed by atoms with E-state index in [1.54, 1.807) is 19.6 Å². The number of likely N-dealkylation sites (tertiary alicyclic amines) is 1. The number of methoxy groups -OCH3 is 2. The number of nitrogens with two attached hydrogens (primary N) is 2. The highest BCUT2D eigenvalue weighted by molar-refractivity contribution is 7.79. The molecule has 0 atom stereocenters. The van der Waals surface area contributed by atoms with Gasteiger partial charge in [0.05, 0.1) is 31.3 Å². The Labute approximate surface area is 330 Å². The van der Waals surface area contributed by atoms with Gasteiger partial charge in [-0.3, -0.25) is 0 Å². The highest BCUT2D eigenvalue weighted by Crippen LogP contribution is 2.38. The molecular weight excluding hydrogens is 711 g/mol. The molecule has 4 aromatic carbocycles. The summed E-state index contributed by atoms with van der Waals surface area (Å²) in [5, 5.41) is 11.0.